The molecule has 5 aromatic rings. The van der Waals surface area contributed by atoms with Gasteiger partial charge in [0.1, 0.15) is 30.8 Å². The van der Waals surface area contributed by atoms with Crippen molar-refractivity contribution in [1.82, 2.24) is 25.1 Å². The summed E-state index contributed by atoms with van der Waals surface area (Å²) in [6.07, 6.45) is 0.232. The summed E-state index contributed by atoms with van der Waals surface area (Å²) in [4.78, 5) is 14.9. The lowest BCUT2D eigenvalue weighted by Gasteiger charge is -2.27. The molecule has 0 radical (unpaired) electrons. The lowest BCUT2D eigenvalue weighted by atomic mass is 10.2. The summed E-state index contributed by atoms with van der Waals surface area (Å²) in [5, 5.41) is 24.2. The lowest BCUT2D eigenvalue weighted by molar-refractivity contribution is -0.117. The third kappa shape index (κ3) is 8.89. The molecule has 11 heteroatoms. The van der Waals surface area contributed by atoms with E-state index in [1.165, 1.54) is 0 Å². The second-order valence-corrected chi connectivity index (χ2v) is 10.1. The summed E-state index contributed by atoms with van der Waals surface area (Å²) >= 11 is 0. The zero-order valence-corrected chi connectivity index (χ0v) is 24.8. The molecule has 1 amide bonds. The Morgan fingerprint density at radius 1 is 0.889 bits per heavy atom. The van der Waals surface area contributed by atoms with Crippen LogP contribution in [0.15, 0.2) is 109 Å². The summed E-state index contributed by atoms with van der Waals surface area (Å²) in [6.45, 7) is 0.835. The number of ether oxygens (including phenoxy) is 3. The molecular formula is C34H33N7O4. The van der Waals surface area contributed by atoms with E-state index in [0.717, 1.165) is 11.3 Å². The van der Waals surface area contributed by atoms with Crippen molar-refractivity contribution in [3.63, 3.8) is 0 Å². The number of tetrazole rings is 1. The van der Waals surface area contributed by atoms with Crippen molar-refractivity contribution in [2.45, 2.75) is 25.6 Å². The first kappa shape index (κ1) is 30.7. The number of nitriles is 1. The minimum absolute atomic E-state index is 0.0214. The normalized spacial score (nSPS) is 11.4. The zero-order valence-electron chi connectivity index (χ0n) is 24.8. The number of aryl methyl sites for hydroxylation is 1. The molecular weight excluding hydrogens is 570 g/mol. The second kappa shape index (κ2) is 15.7. The molecule has 0 aliphatic heterocycles. The number of carbonyl (C=O) groups excluding carboxylic acids is 1. The highest BCUT2D eigenvalue weighted by molar-refractivity contribution is 5.92. The Labute approximate surface area is 261 Å². The molecule has 0 aliphatic rings. The topological polar surface area (TPSA) is 127 Å². The maximum atomic E-state index is 13.1. The first-order chi connectivity index (χ1) is 22.1. The average Bonchev–Trinajstić information content (AvgIpc) is 3.53. The van der Waals surface area contributed by atoms with Gasteiger partial charge in [-0.1, -0.05) is 60.7 Å². The fraction of sp³-hybridized carbons (Fsp3) is 0.206. The maximum absolute atomic E-state index is 13.1. The summed E-state index contributed by atoms with van der Waals surface area (Å²) in [6, 6.07) is 35.5. The van der Waals surface area contributed by atoms with Gasteiger partial charge in [-0.15, -0.1) is 5.10 Å². The van der Waals surface area contributed by atoms with Crippen molar-refractivity contribution in [3.8, 4) is 29.1 Å². The highest BCUT2D eigenvalue weighted by Crippen LogP contribution is 2.29. The number of amides is 1. The molecule has 0 saturated heterocycles. The van der Waals surface area contributed by atoms with Crippen molar-refractivity contribution >= 4 is 11.6 Å². The van der Waals surface area contributed by atoms with Crippen LogP contribution in [0.4, 0.5) is 5.69 Å². The van der Waals surface area contributed by atoms with E-state index in [1.54, 1.807) is 36.0 Å². The zero-order chi connectivity index (χ0) is 31.3. The Morgan fingerprint density at radius 3 is 2.24 bits per heavy atom. The number of para-hydroxylation sites is 3. The minimum atomic E-state index is -0.520. The van der Waals surface area contributed by atoms with E-state index in [4.69, 9.17) is 19.5 Å². The number of hydrogen-bond acceptors (Lipinski definition) is 9. The van der Waals surface area contributed by atoms with Crippen LogP contribution in [0, 0.1) is 11.3 Å². The first-order valence-electron chi connectivity index (χ1n) is 14.4. The molecule has 0 bridgehead atoms. The Bertz CT molecular complexity index is 1690. The molecule has 5 rings (SSSR count). The Hall–Kier alpha value is -5.73. The number of anilines is 1. The molecule has 0 saturated carbocycles. The van der Waals surface area contributed by atoms with Gasteiger partial charge in [0.2, 0.25) is 5.91 Å². The maximum Gasteiger partial charge on any atom is 0.238 e. The van der Waals surface area contributed by atoms with Crippen LogP contribution in [-0.4, -0.2) is 51.2 Å². The van der Waals surface area contributed by atoms with E-state index >= 15 is 0 Å². The fourth-order valence-corrected chi connectivity index (χ4v) is 4.53. The van der Waals surface area contributed by atoms with E-state index in [-0.39, 0.29) is 25.5 Å². The highest BCUT2D eigenvalue weighted by atomic mass is 16.5. The number of likely N-dealkylation sites (N-methyl/N-ethyl adjacent to an activating group) is 1. The van der Waals surface area contributed by atoms with Crippen molar-refractivity contribution in [1.29, 1.82) is 5.26 Å². The van der Waals surface area contributed by atoms with Crippen LogP contribution >= 0.6 is 0 Å². The quantitative estimate of drug-likeness (QED) is 0.161. The molecule has 4 aromatic carbocycles. The van der Waals surface area contributed by atoms with Crippen LogP contribution in [0.3, 0.4) is 0 Å². The summed E-state index contributed by atoms with van der Waals surface area (Å²) in [5.41, 5.74) is 1.66. The number of nitrogens with zero attached hydrogens (tertiary/aromatic N) is 6. The average molecular weight is 604 g/mol. The van der Waals surface area contributed by atoms with Crippen LogP contribution in [-0.2, 0) is 17.9 Å². The fourth-order valence-electron chi connectivity index (χ4n) is 4.53. The third-order valence-electron chi connectivity index (χ3n) is 6.82. The number of aromatic nitrogens is 4. The van der Waals surface area contributed by atoms with Crippen molar-refractivity contribution in [2.24, 2.45) is 0 Å². The summed E-state index contributed by atoms with van der Waals surface area (Å²) < 4.78 is 19.7. The number of nitrogens with one attached hydrogen (secondary N) is 1. The van der Waals surface area contributed by atoms with Gasteiger partial charge >= 0.3 is 0 Å². The van der Waals surface area contributed by atoms with Gasteiger partial charge in [-0.2, -0.15) is 5.26 Å². The summed E-state index contributed by atoms with van der Waals surface area (Å²) in [7, 11) is 1.80. The molecule has 1 unspecified atom stereocenters. The summed E-state index contributed by atoms with van der Waals surface area (Å²) in [5.74, 6) is 2.76. The molecule has 0 fully saturated rings. The third-order valence-corrected chi connectivity index (χ3v) is 6.82. The van der Waals surface area contributed by atoms with Gasteiger partial charge in [0.25, 0.3) is 0 Å². The van der Waals surface area contributed by atoms with Gasteiger partial charge in [-0.25, -0.2) is 4.68 Å². The van der Waals surface area contributed by atoms with Crippen LogP contribution in [0.2, 0.25) is 0 Å². The van der Waals surface area contributed by atoms with Crippen LogP contribution in [0.5, 0.6) is 23.0 Å². The van der Waals surface area contributed by atoms with Crippen molar-refractivity contribution in [2.75, 3.05) is 25.5 Å². The Balaban J connectivity index is 1.25. The molecule has 45 heavy (non-hydrogen) atoms. The van der Waals surface area contributed by atoms with E-state index in [2.05, 4.69) is 26.9 Å². The highest BCUT2D eigenvalue weighted by Gasteiger charge is 2.27. The molecule has 228 valence electrons. The lowest BCUT2D eigenvalue weighted by Crippen LogP contribution is -2.37. The van der Waals surface area contributed by atoms with Gasteiger partial charge in [-0.3, -0.25) is 9.69 Å². The monoisotopic (exact) mass is 603 g/mol. The Morgan fingerprint density at radius 2 is 1.53 bits per heavy atom. The number of rotatable bonds is 15. The standard InChI is InChI=1S/C34H33N7O4/c1-40(23-33(42)36-27-17-19-29(20-18-27)45-28-13-6-3-7-14-28)30(34-37-38-39-41(34)22-10-21-35)25-44-32-16-9-8-15-31(32)43-24-26-11-4-2-5-12-26/h2-9,11-20,30H,10,22-25H2,1H3,(H,36,42). The smallest absolute Gasteiger partial charge is 0.238 e. The van der Waals surface area contributed by atoms with E-state index in [1.807, 2.05) is 89.8 Å². The van der Waals surface area contributed by atoms with Gasteiger partial charge in [-0.05, 0) is 71.6 Å². The van der Waals surface area contributed by atoms with Gasteiger partial charge in [0, 0.05) is 5.69 Å². The number of hydrogen-bond donors (Lipinski definition) is 1. The van der Waals surface area contributed by atoms with Crippen LogP contribution in [0.1, 0.15) is 23.9 Å². The van der Waals surface area contributed by atoms with E-state index in [9.17, 15) is 4.79 Å². The molecule has 0 spiro atoms. The van der Waals surface area contributed by atoms with E-state index in [0.29, 0.717) is 41.9 Å². The largest absolute Gasteiger partial charge is 0.488 e. The SMILES string of the molecule is CN(CC(=O)Nc1ccc(Oc2ccccc2)cc1)C(COc1ccccc1OCc1ccccc1)c1nnnn1CCC#N. The molecule has 1 heterocycles. The molecule has 1 aromatic heterocycles. The van der Waals surface area contributed by atoms with Crippen LogP contribution in [0.25, 0.3) is 0 Å². The second-order valence-electron chi connectivity index (χ2n) is 10.1. The molecule has 0 aliphatic carbocycles. The van der Waals surface area contributed by atoms with E-state index < -0.39 is 6.04 Å². The van der Waals surface area contributed by atoms with Gasteiger partial charge < -0.3 is 19.5 Å². The first-order valence-corrected chi connectivity index (χ1v) is 14.4. The molecule has 1 atom stereocenters. The number of benzene rings is 4. The number of carbonyl (C=O) groups is 1. The van der Waals surface area contributed by atoms with Gasteiger partial charge in [0.15, 0.2) is 17.3 Å². The predicted octanol–water partition coefficient (Wildman–Crippen LogP) is 5.65. The molecule has 11 nitrogen and oxygen atoms in total. The molecule has 1 N–H and O–H groups in total. The van der Waals surface area contributed by atoms with Crippen molar-refractivity contribution < 1.29 is 19.0 Å². The van der Waals surface area contributed by atoms with Crippen LogP contribution < -0.4 is 19.5 Å². The van der Waals surface area contributed by atoms with Gasteiger partial charge in [0.05, 0.1) is 25.6 Å². The minimum Gasteiger partial charge on any atom is -0.488 e. The van der Waals surface area contributed by atoms with Crippen molar-refractivity contribution in [3.05, 3.63) is 121 Å². The Kier molecular flexibility index (Phi) is 10.7. The predicted molar refractivity (Wildman–Crippen MR) is 168 cm³/mol.